The molecule has 16 heavy (non-hydrogen) atoms. The van der Waals surface area contributed by atoms with E-state index in [9.17, 15) is 10.4 Å². The van der Waals surface area contributed by atoms with Crippen molar-refractivity contribution in [3.05, 3.63) is 71.1 Å². The highest BCUT2D eigenvalue weighted by molar-refractivity contribution is 5.29. The van der Waals surface area contributed by atoms with Gasteiger partial charge in [0.25, 0.3) is 11.4 Å². The van der Waals surface area contributed by atoms with Gasteiger partial charge in [-0.2, -0.15) is 0 Å². The van der Waals surface area contributed by atoms with Crippen LogP contribution in [0.1, 0.15) is 0 Å². The Morgan fingerprint density at radius 1 is 0.562 bits per heavy atom. The fraction of sp³-hybridized carbons (Fsp3) is 0. The predicted molar refractivity (Wildman–Crippen MR) is 59.5 cm³/mol. The van der Waals surface area contributed by atoms with Crippen LogP contribution in [0.4, 0.5) is 11.4 Å². The minimum Gasteiger partial charge on any atom is -0.561 e. The molecule has 4 heteroatoms. The van der Waals surface area contributed by atoms with Gasteiger partial charge < -0.3 is 10.4 Å². The molecule has 0 N–H and O–H groups in total. The second kappa shape index (κ2) is 4.44. The zero-order chi connectivity index (χ0) is 11.4. The molecule has 0 fully saturated rings. The normalized spacial score (nSPS) is 12.0. The molecule has 0 spiro atoms. The highest BCUT2D eigenvalue weighted by Gasteiger charge is 2.13. The summed E-state index contributed by atoms with van der Waals surface area (Å²) in [6.07, 6.45) is 0. The Morgan fingerprint density at radius 2 is 0.875 bits per heavy atom. The number of hydrogen-bond donors (Lipinski definition) is 0. The first-order valence-corrected chi connectivity index (χ1v) is 4.83. The van der Waals surface area contributed by atoms with Gasteiger partial charge in [-0.3, -0.25) is 0 Å². The maximum Gasteiger partial charge on any atom is 0.287 e. The lowest BCUT2D eigenvalue weighted by atomic mass is 10.3. The van der Waals surface area contributed by atoms with E-state index in [-0.39, 0.29) is 0 Å². The van der Waals surface area contributed by atoms with Gasteiger partial charge >= 0.3 is 0 Å². The number of hydrogen-bond acceptors (Lipinski definition) is 2. The lowest BCUT2D eigenvalue weighted by Crippen LogP contribution is -2.07. The van der Waals surface area contributed by atoms with Crippen molar-refractivity contribution in [1.82, 2.24) is 0 Å². The van der Waals surface area contributed by atoms with E-state index in [1.165, 1.54) is 0 Å². The third kappa shape index (κ3) is 2.00. The van der Waals surface area contributed by atoms with Crippen LogP contribution in [0.2, 0.25) is 0 Å². The van der Waals surface area contributed by atoms with E-state index in [1.54, 1.807) is 60.7 Å². The Kier molecular flexibility index (Phi) is 2.82. The van der Waals surface area contributed by atoms with Crippen LogP contribution in [0.15, 0.2) is 60.7 Å². The summed E-state index contributed by atoms with van der Waals surface area (Å²) in [5.41, 5.74) is 0.614. The maximum absolute atomic E-state index is 11.7. The molecule has 80 valence electrons. The molecule has 0 heterocycles. The van der Waals surface area contributed by atoms with E-state index in [4.69, 9.17) is 0 Å². The highest BCUT2D eigenvalue weighted by Crippen LogP contribution is 2.15. The van der Waals surface area contributed by atoms with Crippen molar-refractivity contribution < 1.29 is 9.72 Å². The standard InChI is InChI=1S/C12H10N2O2/c15-13(11-7-3-1-4-8-11)14(16)12-9-5-2-6-10-12/h1-10H/b14-13+. The maximum atomic E-state index is 11.7. The van der Waals surface area contributed by atoms with Gasteiger partial charge in [-0.1, -0.05) is 36.4 Å². The van der Waals surface area contributed by atoms with E-state index < -0.39 is 0 Å². The topological polar surface area (TPSA) is 52.1 Å². The fourth-order valence-corrected chi connectivity index (χ4v) is 1.32. The van der Waals surface area contributed by atoms with Crippen LogP contribution in [-0.4, -0.2) is 9.72 Å². The predicted octanol–water partition coefficient (Wildman–Crippen LogP) is 3.12. The van der Waals surface area contributed by atoms with Crippen molar-refractivity contribution >= 4 is 11.4 Å². The van der Waals surface area contributed by atoms with Crippen molar-refractivity contribution in [2.24, 2.45) is 0 Å². The Balaban J connectivity index is 2.43. The zero-order valence-corrected chi connectivity index (χ0v) is 8.48. The molecule has 0 aromatic heterocycles. The summed E-state index contributed by atoms with van der Waals surface area (Å²) in [4.78, 5) is 0.630. The van der Waals surface area contributed by atoms with Crippen LogP contribution < -0.4 is 0 Å². The summed E-state index contributed by atoms with van der Waals surface area (Å²) < 4.78 is 0. The number of azo groups is 1. The summed E-state index contributed by atoms with van der Waals surface area (Å²) in [6, 6.07) is 16.7. The van der Waals surface area contributed by atoms with Crippen LogP contribution in [0, 0.1) is 10.4 Å². The lowest BCUT2D eigenvalue weighted by molar-refractivity contribution is -0.896. The Labute approximate surface area is 92.9 Å². The summed E-state index contributed by atoms with van der Waals surface area (Å²) >= 11 is 0. The summed E-state index contributed by atoms with van der Waals surface area (Å²) in [5, 5.41) is 23.4. The number of benzene rings is 2. The van der Waals surface area contributed by atoms with E-state index in [1.807, 2.05) is 0 Å². The van der Waals surface area contributed by atoms with E-state index in [2.05, 4.69) is 0 Å². The van der Waals surface area contributed by atoms with Crippen LogP contribution in [0.3, 0.4) is 0 Å². The second-order valence-electron chi connectivity index (χ2n) is 3.22. The monoisotopic (exact) mass is 214 g/mol. The molecule has 0 aliphatic heterocycles. The van der Waals surface area contributed by atoms with E-state index >= 15 is 0 Å². The number of para-hydroxylation sites is 2. The zero-order valence-electron chi connectivity index (χ0n) is 8.48. The Bertz CT molecular complexity index is 447. The molecule has 0 unspecified atom stereocenters. The van der Waals surface area contributed by atoms with Gasteiger partial charge in [0.1, 0.15) is 0 Å². The molecule has 0 atom stereocenters. The molecule has 0 aliphatic carbocycles. The highest BCUT2D eigenvalue weighted by atomic mass is 16.6. The van der Waals surface area contributed by atoms with Crippen molar-refractivity contribution in [2.75, 3.05) is 0 Å². The fourth-order valence-electron chi connectivity index (χ4n) is 1.32. The molecule has 2 aromatic rings. The first-order chi connectivity index (χ1) is 7.79. The largest absolute Gasteiger partial charge is 0.561 e. The van der Waals surface area contributed by atoms with Crippen molar-refractivity contribution in [3.8, 4) is 0 Å². The lowest BCUT2D eigenvalue weighted by Gasteiger charge is -2.01. The molecule has 0 saturated carbocycles. The molecular formula is C12H10N2O2. The Hall–Kier alpha value is -2.36. The molecule has 2 aromatic carbocycles. The van der Waals surface area contributed by atoms with Crippen molar-refractivity contribution in [3.63, 3.8) is 0 Å². The van der Waals surface area contributed by atoms with Gasteiger partial charge in [-0.05, 0) is 0 Å². The van der Waals surface area contributed by atoms with Crippen LogP contribution in [0.5, 0.6) is 0 Å². The molecule has 0 saturated heterocycles. The average molecular weight is 214 g/mol. The SMILES string of the molecule is [O-]/[N+](c1ccccc1)=[N+](/[O-])c1ccccc1. The molecule has 4 nitrogen and oxygen atoms in total. The van der Waals surface area contributed by atoms with Crippen LogP contribution in [-0.2, 0) is 0 Å². The molecule has 0 amide bonds. The molecule has 2 rings (SSSR count). The average Bonchev–Trinajstić information content (AvgIpc) is 2.39. The minimum absolute atomic E-state index is 0.307. The summed E-state index contributed by atoms with van der Waals surface area (Å²) in [6.45, 7) is 0. The summed E-state index contributed by atoms with van der Waals surface area (Å²) in [5.74, 6) is 0. The minimum atomic E-state index is 0.307. The molecule has 0 aliphatic rings. The van der Waals surface area contributed by atoms with Gasteiger partial charge in [-0.25, -0.2) is 0 Å². The van der Waals surface area contributed by atoms with E-state index in [0.29, 0.717) is 21.1 Å². The first kappa shape index (κ1) is 10.2. The van der Waals surface area contributed by atoms with Gasteiger partial charge in [0, 0.05) is 24.3 Å². The van der Waals surface area contributed by atoms with Gasteiger partial charge in [-0.15, -0.1) is 0 Å². The number of nitrogens with zero attached hydrogens (tertiary/aromatic N) is 2. The Morgan fingerprint density at radius 3 is 1.19 bits per heavy atom. The van der Waals surface area contributed by atoms with Crippen molar-refractivity contribution in [2.45, 2.75) is 0 Å². The molecular weight excluding hydrogens is 204 g/mol. The second-order valence-corrected chi connectivity index (χ2v) is 3.22. The van der Waals surface area contributed by atoms with Gasteiger partial charge in [0.05, 0.1) is 9.72 Å². The van der Waals surface area contributed by atoms with Gasteiger partial charge in [0.2, 0.25) is 0 Å². The van der Waals surface area contributed by atoms with Crippen LogP contribution >= 0.6 is 0 Å². The van der Waals surface area contributed by atoms with Crippen molar-refractivity contribution in [1.29, 1.82) is 0 Å². The quantitative estimate of drug-likeness (QED) is 0.438. The van der Waals surface area contributed by atoms with Crippen LogP contribution in [0.25, 0.3) is 0 Å². The van der Waals surface area contributed by atoms with Gasteiger partial charge in [0.15, 0.2) is 0 Å². The number of rotatable bonds is 2. The van der Waals surface area contributed by atoms with E-state index in [0.717, 1.165) is 0 Å². The summed E-state index contributed by atoms with van der Waals surface area (Å²) in [7, 11) is 0. The first-order valence-electron chi connectivity index (χ1n) is 4.83. The molecule has 0 bridgehead atoms. The molecule has 0 radical (unpaired) electrons. The smallest absolute Gasteiger partial charge is 0.287 e. The third-order valence-corrected chi connectivity index (χ3v) is 2.12. The third-order valence-electron chi connectivity index (χ3n) is 2.12.